The molecular formula is C14H22N4O2. The number of ether oxygens (including phenoxy) is 1. The van der Waals surface area contributed by atoms with Gasteiger partial charge in [-0.15, -0.1) is 0 Å². The van der Waals surface area contributed by atoms with E-state index in [9.17, 15) is 4.79 Å². The monoisotopic (exact) mass is 278 g/mol. The molecule has 1 N–H and O–H groups in total. The van der Waals surface area contributed by atoms with Crippen molar-refractivity contribution in [2.24, 2.45) is 5.92 Å². The highest BCUT2D eigenvalue weighted by atomic mass is 16.5. The molecule has 2 aliphatic rings. The van der Waals surface area contributed by atoms with E-state index in [1.807, 2.05) is 15.7 Å². The van der Waals surface area contributed by atoms with E-state index in [0.717, 1.165) is 45.6 Å². The predicted molar refractivity (Wildman–Crippen MR) is 74.3 cm³/mol. The number of hydrogen-bond donors (Lipinski definition) is 1. The Morgan fingerprint density at radius 1 is 1.45 bits per heavy atom. The zero-order chi connectivity index (χ0) is 13.8. The Labute approximate surface area is 119 Å². The highest BCUT2D eigenvalue weighted by molar-refractivity contribution is 5.74. The van der Waals surface area contributed by atoms with Gasteiger partial charge in [-0.2, -0.15) is 0 Å². The predicted octanol–water partition coefficient (Wildman–Crippen LogP) is 1.09. The average Bonchev–Trinajstić information content (AvgIpc) is 2.93. The quantitative estimate of drug-likeness (QED) is 0.847. The van der Waals surface area contributed by atoms with Gasteiger partial charge < -0.3 is 19.5 Å². The Bertz CT molecular complexity index is 424. The summed E-state index contributed by atoms with van der Waals surface area (Å²) in [6.45, 7) is 3.87. The molecule has 2 fully saturated rings. The summed E-state index contributed by atoms with van der Waals surface area (Å²) in [6, 6.07) is 0.517. The minimum atomic E-state index is 0.0690. The first-order valence-corrected chi connectivity index (χ1v) is 7.41. The summed E-state index contributed by atoms with van der Waals surface area (Å²) in [7, 11) is 0. The van der Waals surface area contributed by atoms with Crippen LogP contribution in [-0.4, -0.2) is 52.8 Å². The first kappa shape index (κ1) is 13.4. The second-order valence-electron chi connectivity index (χ2n) is 5.65. The van der Waals surface area contributed by atoms with Gasteiger partial charge in [-0.25, -0.2) is 9.78 Å². The van der Waals surface area contributed by atoms with Crippen molar-refractivity contribution in [2.75, 3.05) is 26.3 Å². The minimum Gasteiger partial charge on any atom is -0.381 e. The number of nitrogens with zero attached hydrogens (tertiary/aromatic N) is 3. The molecule has 3 rings (SSSR count). The highest BCUT2D eigenvalue weighted by Gasteiger charge is 2.34. The molecular weight excluding hydrogens is 256 g/mol. The number of urea groups is 1. The van der Waals surface area contributed by atoms with E-state index < -0.39 is 0 Å². The zero-order valence-corrected chi connectivity index (χ0v) is 11.7. The fraction of sp³-hybridized carbons (Fsp3) is 0.714. The number of aromatic nitrogens is 2. The lowest BCUT2D eigenvalue weighted by Gasteiger charge is -2.25. The Balaban J connectivity index is 1.45. The number of imidazole rings is 1. The number of hydrogen-bond acceptors (Lipinski definition) is 3. The third-order valence-corrected chi connectivity index (χ3v) is 3.93. The van der Waals surface area contributed by atoms with Crippen LogP contribution in [0.2, 0.25) is 0 Å². The molecule has 1 saturated carbocycles. The zero-order valence-electron chi connectivity index (χ0n) is 11.7. The topological polar surface area (TPSA) is 59.4 Å². The molecule has 110 valence electrons. The second-order valence-corrected chi connectivity index (χ2v) is 5.65. The number of rotatable bonds is 6. The number of amides is 2. The molecule has 6 nitrogen and oxygen atoms in total. The molecule has 0 aromatic carbocycles. The van der Waals surface area contributed by atoms with E-state index in [1.165, 1.54) is 0 Å². The van der Waals surface area contributed by atoms with E-state index in [0.29, 0.717) is 18.5 Å². The Morgan fingerprint density at radius 3 is 3.00 bits per heavy atom. The van der Waals surface area contributed by atoms with Crippen molar-refractivity contribution in [1.82, 2.24) is 19.8 Å². The summed E-state index contributed by atoms with van der Waals surface area (Å²) in [5.74, 6) is 0.509. The molecule has 1 saturated heterocycles. The largest absolute Gasteiger partial charge is 0.381 e. The standard InChI is InChI=1S/C14H22N4O2/c19-14(16-5-7-17-6-4-15-11-17)18(13-1-2-13)9-12-3-8-20-10-12/h4,6,11-13H,1-3,5,7-10H2,(H,16,19). The summed E-state index contributed by atoms with van der Waals surface area (Å²) in [5.41, 5.74) is 0. The third kappa shape index (κ3) is 3.50. The van der Waals surface area contributed by atoms with Gasteiger partial charge in [-0.3, -0.25) is 0 Å². The van der Waals surface area contributed by atoms with Crippen LogP contribution >= 0.6 is 0 Å². The smallest absolute Gasteiger partial charge is 0.317 e. The van der Waals surface area contributed by atoms with Crippen molar-refractivity contribution in [3.63, 3.8) is 0 Å². The van der Waals surface area contributed by atoms with Crippen molar-refractivity contribution in [2.45, 2.75) is 31.8 Å². The van der Waals surface area contributed by atoms with Crippen molar-refractivity contribution >= 4 is 6.03 Å². The van der Waals surface area contributed by atoms with Crippen molar-refractivity contribution in [3.8, 4) is 0 Å². The van der Waals surface area contributed by atoms with Crippen LogP contribution in [0.3, 0.4) is 0 Å². The lowest BCUT2D eigenvalue weighted by Crippen LogP contribution is -2.44. The summed E-state index contributed by atoms with van der Waals surface area (Å²) >= 11 is 0. The maximum atomic E-state index is 12.3. The second kappa shape index (κ2) is 6.26. The van der Waals surface area contributed by atoms with Crippen LogP contribution < -0.4 is 5.32 Å². The van der Waals surface area contributed by atoms with E-state index in [4.69, 9.17) is 4.74 Å². The van der Waals surface area contributed by atoms with Crippen molar-refractivity contribution < 1.29 is 9.53 Å². The molecule has 0 radical (unpaired) electrons. The molecule has 1 unspecified atom stereocenters. The molecule has 0 bridgehead atoms. The van der Waals surface area contributed by atoms with Crippen LogP contribution in [0.4, 0.5) is 4.79 Å². The van der Waals surface area contributed by atoms with Crippen molar-refractivity contribution in [1.29, 1.82) is 0 Å². The van der Waals surface area contributed by atoms with Gasteiger partial charge in [0.2, 0.25) is 0 Å². The molecule has 2 heterocycles. The highest BCUT2D eigenvalue weighted by Crippen LogP contribution is 2.28. The molecule has 1 aromatic heterocycles. The van der Waals surface area contributed by atoms with Crippen LogP contribution in [0, 0.1) is 5.92 Å². The summed E-state index contributed by atoms with van der Waals surface area (Å²) in [4.78, 5) is 18.3. The Kier molecular flexibility index (Phi) is 4.20. The summed E-state index contributed by atoms with van der Waals surface area (Å²) in [6.07, 6.45) is 8.77. The lowest BCUT2D eigenvalue weighted by atomic mass is 10.1. The van der Waals surface area contributed by atoms with Gasteiger partial charge >= 0.3 is 6.03 Å². The van der Waals surface area contributed by atoms with E-state index in [1.54, 1.807) is 12.5 Å². The van der Waals surface area contributed by atoms with Crippen LogP contribution in [0.25, 0.3) is 0 Å². The fourth-order valence-electron chi connectivity index (χ4n) is 2.60. The van der Waals surface area contributed by atoms with Crippen LogP contribution in [0.15, 0.2) is 18.7 Å². The van der Waals surface area contributed by atoms with Gasteiger partial charge in [-0.1, -0.05) is 0 Å². The Morgan fingerprint density at radius 2 is 2.35 bits per heavy atom. The molecule has 1 aliphatic heterocycles. The molecule has 6 heteroatoms. The average molecular weight is 278 g/mol. The molecule has 1 aromatic rings. The van der Waals surface area contributed by atoms with Gasteiger partial charge in [0, 0.05) is 50.6 Å². The van der Waals surface area contributed by atoms with Gasteiger partial charge in [0.25, 0.3) is 0 Å². The number of carbonyl (C=O) groups excluding carboxylic acids is 1. The van der Waals surface area contributed by atoms with Gasteiger partial charge in [0.1, 0.15) is 0 Å². The SMILES string of the molecule is O=C(NCCn1ccnc1)N(CC1CCOC1)C1CC1. The molecule has 0 spiro atoms. The first-order chi connectivity index (χ1) is 9.83. The van der Waals surface area contributed by atoms with Gasteiger partial charge in [-0.05, 0) is 19.3 Å². The normalized spacial score (nSPS) is 21.9. The summed E-state index contributed by atoms with van der Waals surface area (Å²) < 4.78 is 7.36. The van der Waals surface area contributed by atoms with E-state index >= 15 is 0 Å². The van der Waals surface area contributed by atoms with Gasteiger partial charge in [0.15, 0.2) is 0 Å². The maximum absolute atomic E-state index is 12.3. The third-order valence-electron chi connectivity index (χ3n) is 3.93. The number of carbonyl (C=O) groups is 1. The van der Waals surface area contributed by atoms with Gasteiger partial charge in [0.05, 0.1) is 12.9 Å². The van der Waals surface area contributed by atoms with Crippen molar-refractivity contribution in [3.05, 3.63) is 18.7 Å². The summed E-state index contributed by atoms with van der Waals surface area (Å²) in [5, 5.41) is 3.01. The fourth-order valence-corrected chi connectivity index (χ4v) is 2.60. The Hall–Kier alpha value is -1.56. The molecule has 20 heavy (non-hydrogen) atoms. The maximum Gasteiger partial charge on any atom is 0.317 e. The minimum absolute atomic E-state index is 0.0690. The van der Waals surface area contributed by atoms with Crippen LogP contribution in [-0.2, 0) is 11.3 Å². The first-order valence-electron chi connectivity index (χ1n) is 7.41. The van der Waals surface area contributed by atoms with E-state index in [-0.39, 0.29) is 6.03 Å². The van der Waals surface area contributed by atoms with Crippen LogP contribution in [0.1, 0.15) is 19.3 Å². The van der Waals surface area contributed by atoms with Crippen LogP contribution in [0.5, 0.6) is 0 Å². The number of nitrogens with one attached hydrogen (secondary N) is 1. The lowest BCUT2D eigenvalue weighted by molar-refractivity contribution is 0.162. The molecule has 1 atom stereocenters. The molecule has 2 amide bonds. The van der Waals surface area contributed by atoms with E-state index in [2.05, 4.69) is 10.3 Å². The molecule has 1 aliphatic carbocycles.